The largest absolute Gasteiger partial charge is 0 e. The van der Waals surface area contributed by atoms with Gasteiger partial charge in [-0.15, -0.1) is 0 Å². The molecule has 0 aliphatic carbocycles. The molecule has 0 atom stereocenters. The maximum atomic E-state index is 3.45. The molecule has 30 valence electrons. The first-order chi connectivity index (χ1) is 1.41. The summed E-state index contributed by atoms with van der Waals surface area (Å²) in [6, 6.07) is 0. The molecular weight excluding hydrogens is 283 g/mol. The Balaban J connectivity index is 0. The zero-order valence-electron chi connectivity index (χ0n) is 2.04. The van der Waals surface area contributed by atoms with E-state index in [-0.39, 0.29) is 39.9 Å². The SMILES string of the molecule is [BH2][Co][Fe].[Gd]. The van der Waals surface area contributed by atoms with Gasteiger partial charge in [0.2, 0.25) is 0 Å². The molecule has 0 spiro atoms. The third kappa shape index (κ3) is 8.83. The Morgan fingerprint density at radius 1 is 1.75 bits per heavy atom. The van der Waals surface area contributed by atoms with Gasteiger partial charge in [0.25, 0.3) is 0 Å². The van der Waals surface area contributed by atoms with Crippen LogP contribution >= 0.6 is 0 Å². The van der Waals surface area contributed by atoms with Crippen LogP contribution in [-0.2, 0) is 27.0 Å². The second kappa shape index (κ2) is 9.05. The van der Waals surface area contributed by atoms with Crippen molar-refractivity contribution in [1.29, 1.82) is 0 Å². The Morgan fingerprint density at radius 3 is 1.75 bits per heavy atom. The minimum atomic E-state index is 0. The van der Waals surface area contributed by atoms with Gasteiger partial charge in [-0.2, -0.15) is 0 Å². The fourth-order valence-electron chi connectivity index (χ4n) is 0. The summed E-state index contributed by atoms with van der Waals surface area (Å²) in [5.74, 6) is 0. The minimum absolute atomic E-state index is 0. The van der Waals surface area contributed by atoms with Crippen LogP contribution in [0.2, 0.25) is 0 Å². The van der Waals surface area contributed by atoms with Gasteiger partial charge in [-0.3, -0.25) is 0 Å². The molecule has 0 rings (SSSR count). The Morgan fingerprint density at radius 2 is 1.75 bits per heavy atom. The molecule has 0 aliphatic heterocycles. The van der Waals surface area contributed by atoms with Crippen molar-refractivity contribution in [3.8, 4) is 0 Å². The quantitative estimate of drug-likeness (QED) is 0.505. The van der Waals surface area contributed by atoms with Crippen LogP contribution in [-0.4, -0.2) is 6.70 Å². The molecule has 4 heavy (non-hydrogen) atoms. The maximum absolute atomic E-state index is 3.45. The molecule has 0 aromatic carbocycles. The van der Waals surface area contributed by atoms with Gasteiger partial charge in [0.15, 0.2) is 0 Å². The smallest absolute Gasteiger partial charge is 0 e. The third-order valence-electron chi connectivity index (χ3n) is 0. The van der Waals surface area contributed by atoms with Crippen LogP contribution in [0.15, 0.2) is 0 Å². The van der Waals surface area contributed by atoms with Gasteiger partial charge in [0.1, 0.15) is 0 Å². The van der Waals surface area contributed by atoms with Crippen LogP contribution in [0.25, 0.3) is 0 Å². The molecule has 0 aromatic heterocycles. The molecule has 0 amide bonds. The monoisotopic (exact) mass is 286 g/mol. The van der Waals surface area contributed by atoms with Gasteiger partial charge < -0.3 is 0 Å². The van der Waals surface area contributed by atoms with E-state index in [0.717, 1.165) is 0 Å². The summed E-state index contributed by atoms with van der Waals surface area (Å²) in [7, 11) is 0. The van der Waals surface area contributed by atoms with Crippen LogP contribution in [0.5, 0.6) is 0 Å². The van der Waals surface area contributed by atoms with Crippen LogP contribution in [0.4, 0.5) is 0 Å². The van der Waals surface area contributed by atoms with Crippen molar-refractivity contribution in [2.75, 3.05) is 0 Å². The fourth-order valence-corrected chi connectivity index (χ4v) is 0. The fraction of sp³-hybridized carbons (Fsp3) is 0. The van der Waals surface area contributed by atoms with Gasteiger partial charge in [-0.25, -0.2) is 0 Å². The predicted molar refractivity (Wildman–Crippen MR) is 8.54 cm³/mol. The zero-order chi connectivity index (χ0) is 2.71. The average Bonchev–Trinajstić information content (AvgIpc) is 0.918. The van der Waals surface area contributed by atoms with E-state index in [1.54, 1.807) is 0 Å². The van der Waals surface area contributed by atoms with Gasteiger partial charge in [0, 0.05) is 39.9 Å². The topological polar surface area (TPSA) is 0 Å². The van der Waals surface area contributed by atoms with E-state index in [1.807, 2.05) is 6.70 Å². The standard InChI is InChI=1S/BH2.Co.Fe.Gd/h1H2;;;/q+1;-1;;. The summed E-state index contributed by atoms with van der Waals surface area (Å²) in [6.07, 6.45) is 0. The molecule has 4 heteroatoms. The second-order valence-electron chi connectivity index (χ2n) is 0.118. The Hall–Kier alpha value is 2.42. The molecule has 0 unspecified atom stereocenters. The summed E-state index contributed by atoms with van der Waals surface area (Å²) < 4.78 is 0. The third-order valence-corrected chi connectivity index (χ3v) is 0. The average molecular weight is 285 g/mol. The molecule has 0 nitrogen and oxygen atoms in total. The number of rotatable bonds is 0. The molecule has 0 aromatic rings. The predicted octanol–water partition coefficient (Wildman–Crippen LogP) is -0.921. The molecule has 0 radical (unpaired) electrons. The van der Waals surface area contributed by atoms with E-state index in [9.17, 15) is 0 Å². The summed E-state index contributed by atoms with van der Waals surface area (Å²) in [4.78, 5) is 0. The van der Waals surface area contributed by atoms with Crippen molar-refractivity contribution >= 4 is 6.70 Å². The van der Waals surface area contributed by atoms with Gasteiger partial charge in [0.05, 0.1) is 0 Å². The van der Waals surface area contributed by atoms with Crippen LogP contribution < -0.4 is 0 Å². The van der Waals surface area contributed by atoms with Crippen molar-refractivity contribution in [2.24, 2.45) is 0 Å². The number of hydrogen-bond acceptors (Lipinski definition) is 0. The number of hydrogen-bond donors (Lipinski definition) is 0. The minimum Gasteiger partial charge on any atom is 0 e. The van der Waals surface area contributed by atoms with E-state index in [0.29, 0.717) is 0 Å². The van der Waals surface area contributed by atoms with Gasteiger partial charge in [-0.1, -0.05) is 0 Å². The van der Waals surface area contributed by atoms with E-state index in [4.69, 9.17) is 0 Å². The Labute approximate surface area is 72.2 Å². The van der Waals surface area contributed by atoms with Crippen molar-refractivity contribution in [3.05, 3.63) is 0 Å². The normalized spacial score (nSPS) is 5.25. The molecule has 0 saturated heterocycles. The molecular formula is H2BCoFeGd. The molecule has 0 aliphatic rings. The van der Waals surface area contributed by atoms with E-state index in [2.05, 4.69) is 14.2 Å². The molecule has 0 fully saturated rings. The molecule has 0 bridgehead atoms. The van der Waals surface area contributed by atoms with Crippen LogP contribution in [0.1, 0.15) is 0 Å². The van der Waals surface area contributed by atoms with Crippen molar-refractivity contribution < 1.29 is 66.9 Å². The first kappa shape index (κ1) is 9.65. The molecule has 0 heterocycles. The second-order valence-corrected chi connectivity index (χ2v) is 2.00. The van der Waals surface area contributed by atoms with Crippen molar-refractivity contribution in [3.63, 3.8) is 0 Å². The Bertz CT molecular complexity index is 8.00. The summed E-state index contributed by atoms with van der Waals surface area (Å²) >= 11 is 4.64. The maximum Gasteiger partial charge on any atom is 0 e. The van der Waals surface area contributed by atoms with Crippen LogP contribution in [0, 0.1) is 39.9 Å². The molecule has 0 N–H and O–H groups in total. The van der Waals surface area contributed by atoms with Crippen molar-refractivity contribution in [1.82, 2.24) is 0 Å². The summed E-state index contributed by atoms with van der Waals surface area (Å²) in [6.45, 7) is 1.98. The van der Waals surface area contributed by atoms with E-state index in [1.165, 1.54) is 12.7 Å². The summed E-state index contributed by atoms with van der Waals surface area (Å²) in [5, 5.41) is 0. The summed E-state index contributed by atoms with van der Waals surface area (Å²) in [5.41, 5.74) is 0. The van der Waals surface area contributed by atoms with Crippen molar-refractivity contribution in [2.45, 2.75) is 0 Å². The first-order valence-corrected chi connectivity index (χ1v) is 3.38. The Kier molecular flexibility index (Phi) is 21.8. The van der Waals surface area contributed by atoms with Gasteiger partial charge in [-0.05, 0) is 0 Å². The first-order valence-electron chi connectivity index (χ1n) is 0.451. The van der Waals surface area contributed by atoms with Crippen LogP contribution in [0.3, 0.4) is 0 Å². The van der Waals surface area contributed by atoms with E-state index >= 15 is 0 Å². The zero-order valence-corrected chi connectivity index (χ0v) is 6.45. The van der Waals surface area contributed by atoms with E-state index < -0.39 is 0 Å². The van der Waals surface area contributed by atoms with Gasteiger partial charge >= 0.3 is 33.7 Å². The molecule has 0 saturated carbocycles.